The van der Waals surface area contributed by atoms with Gasteiger partial charge in [0.1, 0.15) is 5.82 Å². The quantitative estimate of drug-likeness (QED) is 0.793. The van der Waals surface area contributed by atoms with Crippen molar-refractivity contribution in [3.63, 3.8) is 0 Å². The molecule has 162 valence electrons. The highest BCUT2D eigenvalue weighted by atomic mass is 19.4. The summed E-state index contributed by atoms with van der Waals surface area (Å²) in [5, 5.41) is 18.0. The summed E-state index contributed by atoms with van der Waals surface area (Å²) in [7, 11) is 0. The van der Waals surface area contributed by atoms with Gasteiger partial charge in [-0.25, -0.2) is 0 Å². The molecule has 1 amide bonds. The van der Waals surface area contributed by atoms with Gasteiger partial charge in [-0.3, -0.25) is 4.79 Å². The lowest BCUT2D eigenvalue weighted by atomic mass is 9.74. The first kappa shape index (κ1) is 20.8. The number of halogens is 3. The number of piperidine rings is 1. The molecule has 0 bridgehead atoms. The average Bonchev–Trinajstić information content (AvgIpc) is 3.35. The number of aryl methyl sites for hydroxylation is 1. The van der Waals surface area contributed by atoms with E-state index in [2.05, 4.69) is 15.2 Å². The summed E-state index contributed by atoms with van der Waals surface area (Å²) in [6, 6.07) is 7.99. The number of aliphatic hydroxyl groups excluding tert-OH is 1. The number of alkyl halides is 3. The number of hydrogen-bond donors (Lipinski definition) is 2. The van der Waals surface area contributed by atoms with E-state index in [0.29, 0.717) is 12.2 Å². The molecule has 4 rings (SSSR count). The molecule has 2 aromatic rings. The van der Waals surface area contributed by atoms with Gasteiger partial charge in [0.25, 0.3) is 5.91 Å². The number of nitrogens with zero attached hydrogens (tertiary/aromatic N) is 3. The van der Waals surface area contributed by atoms with Crippen LogP contribution in [0.1, 0.15) is 37.6 Å². The van der Waals surface area contributed by atoms with Crippen molar-refractivity contribution in [1.82, 2.24) is 20.1 Å². The molecule has 1 aliphatic heterocycles. The molecular weight excluding hydrogens is 397 g/mol. The lowest BCUT2D eigenvalue weighted by molar-refractivity contribution is -0.211. The molecule has 1 aliphatic carbocycles. The van der Waals surface area contributed by atoms with Crippen molar-refractivity contribution < 1.29 is 23.1 Å². The lowest BCUT2D eigenvalue weighted by Crippen LogP contribution is -2.52. The van der Waals surface area contributed by atoms with E-state index in [9.17, 15) is 23.1 Å². The van der Waals surface area contributed by atoms with Crippen molar-refractivity contribution >= 4 is 5.91 Å². The SMILES string of the molecule is Cc1ccc(-c2nnc(C3([C@H]4CCN(C(=O)[C@@H](O)C(F)(F)F)C[C@H]4C)CC3)[nH]2)cc1. The summed E-state index contributed by atoms with van der Waals surface area (Å²) in [5.41, 5.74) is 1.93. The maximum atomic E-state index is 12.7. The molecule has 30 heavy (non-hydrogen) atoms. The molecule has 1 saturated carbocycles. The second-order valence-corrected chi connectivity index (χ2v) is 8.65. The van der Waals surface area contributed by atoms with Crippen molar-refractivity contribution in [2.24, 2.45) is 11.8 Å². The Kier molecular flexibility index (Phi) is 5.12. The topological polar surface area (TPSA) is 82.1 Å². The molecule has 2 heterocycles. The predicted octanol–water partition coefficient (Wildman–Crippen LogP) is 3.22. The number of nitrogens with one attached hydrogen (secondary N) is 1. The Morgan fingerprint density at radius 2 is 1.93 bits per heavy atom. The molecule has 3 atom stereocenters. The number of carbonyl (C=O) groups is 1. The molecule has 2 fully saturated rings. The summed E-state index contributed by atoms with van der Waals surface area (Å²) < 4.78 is 38.1. The fraction of sp³-hybridized carbons (Fsp3) is 0.571. The Labute approximate surface area is 172 Å². The highest BCUT2D eigenvalue weighted by Gasteiger charge is 2.56. The van der Waals surface area contributed by atoms with Crippen molar-refractivity contribution in [1.29, 1.82) is 0 Å². The number of aromatic amines is 1. The number of hydrogen-bond acceptors (Lipinski definition) is 4. The number of carbonyl (C=O) groups excluding carboxylic acids is 1. The highest BCUT2D eigenvalue weighted by molar-refractivity contribution is 5.81. The molecule has 0 unspecified atom stereocenters. The Hall–Kier alpha value is -2.42. The fourth-order valence-electron chi connectivity index (χ4n) is 4.73. The van der Waals surface area contributed by atoms with Gasteiger partial charge >= 0.3 is 6.18 Å². The standard InChI is InChI=1S/C21H25F3N4O2/c1-12-3-5-14(6-4-12)17-25-19(27-26-17)20(8-9-20)15-7-10-28(11-13(15)2)18(30)16(29)21(22,23)24/h3-6,13,15-16,29H,7-11H2,1-2H3,(H,25,26,27)/t13-,15+,16-/m1/s1. The van der Waals surface area contributed by atoms with Crippen LogP contribution < -0.4 is 0 Å². The maximum Gasteiger partial charge on any atom is 0.423 e. The number of aromatic nitrogens is 3. The molecule has 0 spiro atoms. The molecule has 0 radical (unpaired) electrons. The number of H-pyrrole nitrogens is 1. The van der Waals surface area contributed by atoms with Gasteiger partial charge in [0, 0.05) is 24.1 Å². The second-order valence-electron chi connectivity index (χ2n) is 8.65. The third-order valence-corrected chi connectivity index (χ3v) is 6.54. The first-order chi connectivity index (χ1) is 14.1. The van der Waals surface area contributed by atoms with E-state index in [4.69, 9.17) is 0 Å². The summed E-state index contributed by atoms with van der Waals surface area (Å²) in [6.45, 7) is 4.35. The van der Waals surface area contributed by atoms with Gasteiger partial charge in [0.05, 0.1) is 0 Å². The Balaban J connectivity index is 1.48. The molecule has 9 heteroatoms. The number of amides is 1. The normalized spacial score (nSPS) is 24.5. The molecule has 2 N–H and O–H groups in total. The van der Waals surface area contributed by atoms with Crippen LogP contribution >= 0.6 is 0 Å². The van der Waals surface area contributed by atoms with Crippen LogP contribution in [0.2, 0.25) is 0 Å². The predicted molar refractivity (Wildman–Crippen MR) is 103 cm³/mol. The Morgan fingerprint density at radius 1 is 1.27 bits per heavy atom. The van der Waals surface area contributed by atoms with Crippen LogP contribution in [0.4, 0.5) is 13.2 Å². The van der Waals surface area contributed by atoms with Gasteiger partial charge in [0.2, 0.25) is 6.10 Å². The van der Waals surface area contributed by atoms with Crippen LogP contribution in [0.15, 0.2) is 24.3 Å². The third-order valence-electron chi connectivity index (χ3n) is 6.54. The van der Waals surface area contributed by atoms with Gasteiger partial charge in [-0.1, -0.05) is 36.8 Å². The van der Waals surface area contributed by atoms with Crippen LogP contribution in [0.3, 0.4) is 0 Å². The summed E-state index contributed by atoms with van der Waals surface area (Å²) in [4.78, 5) is 16.5. The summed E-state index contributed by atoms with van der Waals surface area (Å²) in [5.74, 6) is 0.413. The van der Waals surface area contributed by atoms with Crippen LogP contribution in [-0.2, 0) is 10.2 Å². The first-order valence-corrected chi connectivity index (χ1v) is 10.2. The van der Waals surface area contributed by atoms with E-state index in [1.807, 2.05) is 38.1 Å². The van der Waals surface area contributed by atoms with Crippen LogP contribution in [0.5, 0.6) is 0 Å². The largest absolute Gasteiger partial charge is 0.423 e. The fourth-order valence-corrected chi connectivity index (χ4v) is 4.73. The minimum atomic E-state index is -4.94. The molecule has 1 saturated heterocycles. The van der Waals surface area contributed by atoms with Crippen LogP contribution in [0, 0.1) is 18.8 Å². The van der Waals surface area contributed by atoms with Crippen molar-refractivity contribution in [3.05, 3.63) is 35.7 Å². The molecule has 1 aromatic heterocycles. The van der Waals surface area contributed by atoms with Gasteiger partial charge < -0.3 is 15.0 Å². The number of rotatable bonds is 4. The maximum absolute atomic E-state index is 12.7. The lowest BCUT2D eigenvalue weighted by Gasteiger charge is -2.41. The third kappa shape index (κ3) is 3.71. The number of benzene rings is 1. The highest BCUT2D eigenvalue weighted by Crippen LogP contribution is 2.57. The second kappa shape index (κ2) is 7.37. The zero-order valence-corrected chi connectivity index (χ0v) is 16.9. The van der Waals surface area contributed by atoms with Gasteiger partial charge in [-0.15, -0.1) is 10.2 Å². The van der Waals surface area contributed by atoms with Crippen molar-refractivity contribution in [2.45, 2.75) is 50.8 Å². The minimum Gasteiger partial charge on any atom is -0.376 e. The van der Waals surface area contributed by atoms with E-state index in [1.54, 1.807) is 0 Å². The molecule has 1 aromatic carbocycles. The molecular formula is C21H25F3N4O2. The van der Waals surface area contributed by atoms with Crippen LogP contribution in [0.25, 0.3) is 11.4 Å². The Morgan fingerprint density at radius 3 is 2.50 bits per heavy atom. The van der Waals surface area contributed by atoms with Crippen molar-refractivity contribution in [3.8, 4) is 11.4 Å². The number of likely N-dealkylation sites (tertiary alicyclic amines) is 1. The zero-order valence-electron chi connectivity index (χ0n) is 16.9. The van der Waals surface area contributed by atoms with E-state index in [1.165, 1.54) is 0 Å². The minimum absolute atomic E-state index is 0.0152. The van der Waals surface area contributed by atoms with E-state index in [0.717, 1.165) is 34.7 Å². The number of aliphatic hydroxyl groups is 1. The first-order valence-electron chi connectivity index (χ1n) is 10.2. The smallest absolute Gasteiger partial charge is 0.376 e. The van der Waals surface area contributed by atoms with E-state index in [-0.39, 0.29) is 30.3 Å². The monoisotopic (exact) mass is 422 g/mol. The molecule has 6 nitrogen and oxygen atoms in total. The zero-order chi connectivity index (χ0) is 21.7. The van der Waals surface area contributed by atoms with Gasteiger partial charge in [0.15, 0.2) is 5.82 Å². The summed E-state index contributed by atoms with van der Waals surface area (Å²) in [6.07, 6.45) is -5.46. The van der Waals surface area contributed by atoms with E-state index < -0.39 is 18.2 Å². The summed E-state index contributed by atoms with van der Waals surface area (Å²) >= 11 is 0. The van der Waals surface area contributed by atoms with Crippen molar-refractivity contribution in [2.75, 3.05) is 13.1 Å². The average molecular weight is 422 g/mol. The van der Waals surface area contributed by atoms with Crippen LogP contribution in [-0.4, -0.2) is 56.5 Å². The molecule has 2 aliphatic rings. The van der Waals surface area contributed by atoms with E-state index >= 15 is 0 Å². The van der Waals surface area contributed by atoms with Gasteiger partial charge in [-0.05, 0) is 38.0 Å². The van der Waals surface area contributed by atoms with Gasteiger partial charge in [-0.2, -0.15) is 13.2 Å². The Bertz CT molecular complexity index is 921.